The molecule has 0 radical (unpaired) electrons. The summed E-state index contributed by atoms with van der Waals surface area (Å²) in [5.41, 5.74) is 4.75. The van der Waals surface area contributed by atoms with E-state index in [0.29, 0.717) is 0 Å². The Balaban J connectivity index is 1.72. The van der Waals surface area contributed by atoms with Crippen molar-refractivity contribution in [2.75, 3.05) is 12.4 Å². The fourth-order valence-corrected chi connectivity index (χ4v) is 2.94. The molecule has 0 saturated carbocycles. The second-order valence-corrected chi connectivity index (χ2v) is 6.67. The van der Waals surface area contributed by atoms with Crippen molar-refractivity contribution in [3.63, 3.8) is 0 Å². The fourth-order valence-electron chi connectivity index (χ4n) is 2.76. The highest BCUT2D eigenvalue weighted by Gasteiger charge is 2.08. The number of hydrogen-bond donors (Lipinski definition) is 1. The largest absolute Gasteiger partial charge is 0.348 e. The van der Waals surface area contributed by atoms with Gasteiger partial charge in [-0.2, -0.15) is 0 Å². The lowest BCUT2D eigenvalue weighted by molar-refractivity contribution is 0.509. The van der Waals surface area contributed by atoms with Gasteiger partial charge in [-0.25, -0.2) is 0 Å². The van der Waals surface area contributed by atoms with Crippen molar-refractivity contribution in [1.29, 1.82) is 0 Å². The molecular weight excluding hydrogens is 312 g/mol. The monoisotopic (exact) mass is 334 g/mol. The van der Waals surface area contributed by atoms with Gasteiger partial charge in [-0.15, -0.1) is 0 Å². The second kappa shape index (κ2) is 7.02. The van der Waals surface area contributed by atoms with Crippen LogP contribution in [0.25, 0.3) is 10.8 Å². The summed E-state index contributed by atoms with van der Waals surface area (Å²) in [5, 5.41) is 6.62. The van der Waals surface area contributed by atoms with Gasteiger partial charge in [-0.3, -0.25) is 0 Å². The third kappa shape index (κ3) is 3.74. The van der Waals surface area contributed by atoms with Gasteiger partial charge in [0.15, 0.2) is 5.11 Å². The normalized spacial score (nSPS) is 10.6. The molecule has 0 amide bonds. The summed E-state index contributed by atoms with van der Waals surface area (Å²) in [5.74, 6) is 0. The molecule has 0 bridgehead atoms. The van der Waals surface area contributed by atoms with Gasteiger partial charge in [0.25, 0.3) is 0 Å². The van der Waals surface area contributed by atoms with Gasteiger partial charge in [-0.1, -0.05) is 48.5 Å². The highest BCUT2D eigenvalue weighted by Crippen LogP contribution is 2.19. The third-order valence-corrected chi connectivity index (χ3v) is 4.63. The zero-order valence-corrected chi connectivity index (χ0v) is 15.2. The first-order valence-electron chi connectivity index (χ1n) is 8.10. The Labute approximate surface area is 149 Å². The van der Waals surface area contributed by atoms with Crippen molar-refractivity contribution in [3.8, 4) is 0 Å². The van der Waals surface area contributed by atoms with E-state index in [-0.39, 0.29) is 0 Å². The Morgan fingerprint density at radius 2 is 1.71 bits per heavy atom. The molecule has 3 aromatic carbocycles. The smallest absolute Gasteiger partial charge is 0.173 e. The standard InChI is InChI=1S/C21H22N2S/c1-15-8-9-16(2)20(12-15)22-21(24)23(3)14-17-10-11-18-6-4-5-7-19(18)13-17/h4-13H,14H2,1-3H3,(H,22,24). The molecule has 0 atom stereocenters. The molecule has 122 valence electrons. The minimum Gasteiger partial charge on any atom is -0.348 e. The molecule has 3 rings (SSSR count). The minimum atomic E-state index is 0.733. The first kappa shape index (κ1) is 16.5. The molecule has 0 unspecified atom stereocenters. The topological polar surface area (TPSA) is 15.3 Å². The molecule has 1 N–H and O–H groups in total. The number of fused-ring (bicyclic) bond motifs is 1. The van der Waals surface area contributed by atoms with Gasteiger partial charge in [-0.05, 0) is 65.7 Å². The zero-order chi connectivity index (χ0) is 17.1. The molecule has 0 heterocycles. The lowest BCUT2D eigenvalue weighted by atomic mass is 10.1. The van der Waals surface area contributed by atoms with Gasteiger partial charge in [0.05, 0.1) is 0 Å². The van der Waals surface area contributed by atoms with Crippen molar-refractivity contribution in [1.82, 2.24) is 4.90 Å². The number of aryl methyl sites for hydroxylation is 2. The number of hydrogen-bond acceptors (Lipinski definition) is 1. The summed E-state index contributed by atoms with van der Waals surface area (Å²) in [6.45, 7) is 4.96. The average Bonchev–Trinajstić information content (AvgIpc) is 2.58. The van der Waals surface area contributed by atoms with Crippen molar-refractivity contribution in [3.05, 3.63) is 77.4 Å². The van der Waals surface area contributed by atoms with E-state index in [1.165, 1.54) is 27.5 Å². The summed E-state index contributed by atoms with van der Waals surface area (Å²) in [6.07, 6.45) is 0. The van der Waals surface area contributed by atoms with E-state index in [1.807, 2.05) is 7.05 Å². The van der Waals surface area contributed by atoms with Gasteiger partial charge in [0.2, 0.25) is 0 Å². The molecule has 0 aromatic heterocycles. The lowest BCUT2D eigenvalue weighted by Gasteiger charge is -2.22. The number of benzene rings is 3. The van der Waals surface area contributed by atoms with Crippen LogP contribution in [0.1, 0.15) is 16.7 Å². The van der Waals surface area contributed by atoms with Crippen molar-refractivity contribution in [2.24, 2.45) is 0 Å². The van der Waals surface area contributed by atoms with E-state index < -0.39 is 0 Å². The molecule has 0 saturated heterocycles. The quantitative estimate of drug-likeness (QED) is 0.656. The molecule has 0 spiro atoms. The Hall–Kier alpha value is -2.39. The predicted octanol–water partition coefficient (Wildman–Crippen LogP) is 5.29. The zero-order valence-electron chi connectivity index (χ0n) is 14.3. The van der Waals surface area contributed by atoms with Gasteiger partial charge < -0.3 is 10.2 Å². The predicted molar refractivity (Wildman–Crippen MR) is 108 cm³/mol. The molecule has 0 fully saturated rings. The van der Waals surface area contributed by atoms with Crippen LogP contribution >= 0.6 is 12.2 Å². The third-order valence-electron chi connectivity index (χ3n) is 4.21. The van der Waals surface area contributed by atoms with E-state index in [4.69, 9.17) is 12.2 Å². The lowest BCUT2D eigenvalue weighted by Crippen LogP contribution is -2.30. The molecule has 3 aromatic rings. The van der Waals surface area contributed by atoms with E-state index >= 15 is 0 Å². The number of thiocarbonyl (C=S) groups is 1. The van der Waals surface area contributed by atoms with Crippen LogP contribution in [0.3, 0.4) is 0 Å². The fraction of sp³-hybridized carbons (Fsp3) is 0.190. The number of nitrogens with one attached hydrogen (secondary N) is 1. The maximum absolute atomic E-state index is 5.57. The second-order valence-electron chi connectivity index (χ2n) is 6.29. The molecule has 0 aliphatic heterocycles. The van der Waals surface area contributed by atoms with Crippen molar-refractivity contribution >= 4 is 33.8 Å². The summed E-state index contributed by atoms with van der Waals surface area (Å²) < 4.78 is 0. The Bertz CT molecular complexity index is 886. The molecule has 3 heteroatoms. The molecular formula is C21H22N2S. The van der Waals surface area contributed by atoms with E-state index in [0.717, 1.165) is 17.3 Å². The highest BCUT2D eigenvalue weighted by molar-refractivity contribution is 7.80. The number of nitrogens with zero attached hydrogens (tertiary/aromatic N) is 1. The molecule has 2 nitrogen and oxygen atoms in total. The van der Waals surface area contributed by atoms with Gasteiger partial charge in [0, 0.05) is 19.3 Å². The van der Waals surface area contributed by atoms with E-state index in [2.05, 4.69) is 84.7 Å². The Kier molecular flexibility index (Phi) is 4.81. The average molecular weight is 334 g/mol. The number of anilines is 1. The van der Waals surface area contributed by atoms with Crippen LogP contribution in [0.2, 0.25) is 0 Å². The van der Waals surface area contributed by atoms with Gasteiger partial charge >= 0.3 is 0 Å². The Morgan fingerprint density at radius 1 is 0.958 bits per heavy atom. The van der Waals surface area contributed by atoms with Crippen LogP contribution in [0.5, 0.6) is 0 Å². The van der Waals surface area contributed by atoms with Crippen LogP contribution in [0.4, 0.5) is 5.69 Å². The molecule has 24 heavy (non-hydrogen) atoms. The maximum Gasteiger partial charge on any atom is 0.173 e. The van der Waals surface area contributed by atoms with Crippen molar-refractivity contribution in [2.45, 2.75) is 20.4 Å². The van der Waals surface area contributed by atoms with E-state index in [9.17, 15) is 0 Å². The summed E-state index contributed by atoms with van der Waals surface area (Å²) in [7, 11) is 2.02. The van der Waals surface area contributed by atoms with Crippen LogP contribution in [-0.2, 0) is 6.54 Å². The first-order valence-corrected chi connectivity index (χ1v) is 8.51. The Morgan fingerprint density at radius 3 is 2.50 bits per heavy atom. The first-order chi connectivity index (χ1) is 11.5. The summed E-state index contributed by atoms with van der Waals surface area (Å²) in [6, 6.07) is 21.3. The van der Waals surface area contributed by atoms with Crippen LogP contribution in [0.15, 0.2) is 60.7 Å². The van der Waals surface area contributed by atoms with Crippen LogP contribution in [0, 0.1) is 13.8 Å². The molecule has 0 aliphatic rings. The van der Waals surface area contributed by atoms with Crippen molar-refractivity contribution < 1.29 is 0 Å². The van der Waals surface area contributed by atoms with Crippen LogP contribution in [-0.4, -0.2) is 17.1 Å². The number of rotatable bonds is 3. The van der Waals surface area contributed by atoms with Gasteiger partial charge in [0.1, 0.15) is 0 Å². The highest BCUT2D eigenvalue weighted by atomic mass is 32.1. The van der Waals surface area contributed by atoms with Crippen LogP contribution < -0.4 is 5.32 Å². The maximum atomic E-state index is 5.57. The molecule has 0 aliphatic carbocycles. The minimum absolute atomic E-state index is 0.733. The van der Waals surface area contributed by atoms with E-state index in [1.54, 1.807) is 0 Å². The summed E-state index contributed by atoms with van der Waals surface area (Å²) >= 11 is 5.57. The summed E-state index contributed by atoms with van der Waals surface area (Å²) in [4.78, 5) is 2.07. The SMILES string of the molecule is Cc1ccc(C)c(NC(=S)N(C)Cc2ccc3ccccc3c2)c1.